The summed E-state index contributed by atoms with van der Waals surface area (Å²) in [6.45, 7) is 6.32. The first-order valence-corrected chi connectivity index (χ1v) is 7.92. The Balaban J connectivity index is 1.86. The predicted molar refractivity (Wildman–Crippen MR) is 84.7 cm³/mol. The number of piperidine rings is 1. The minimum atomic E-state index is -0.0392. The van der Waals surface area contributed by atoms with Crippen LogP contribution in [0.4, 0.5) is 0 Å². The summed E-state index contributed by atoms with van der Waals surface area (Å²) in [6, 6.07) is 8.22. The van der Waals surface area contributed by atoms with Gasteiger partial charge in [0.05, 0.1) is 0 Å². The second kappa shape index (κ2) is 8.03. The summed E-state index contributed by atoms with van der Waals surface area (Å²) in [5, 5.41) is 6.32. The van der Waals surface area contributed by atoms with Gasteiger partial charge in [-0.3, -0.25) is 4.79 Å². The van der Waals surface area contributed by atoms with Crippen LogP contribution in [-0.4, -0.2) is 31.6 Å². The van der Waals surface area contributed by atoms with Crippen molar-refractivity contribution in [2.75, 3.05) is 19.7 Å². The molecule has 2 atom stereocenters. The molecule has 1 aliphatic rings. The Labute approximate surface area is 127 Å². The molecular weight excluding hydrogens is 264 g/mol. The topological polar surface area (TPSA) is 50.4 Å². The molecule has 0 aliphatic carbocycles. The van der Waals surface area contributed by atoms with Gasteiger partial charge in [-0.2, -0.15) is 0 Å². The summed E-state index contributed by atoms with van der Waals surface area (Å²) in [5.74, 6) is 1.22. The average Bonchev–Trinajstić information content (AvgIpc) is 2.53. The number of hydrogen-bond acceptors (Lipinski definition) is 3. The van der Waals surface area contributed by atoms with E-state index in [0.29, 0.717) is 5.92 Å². The van der Waals surface area contributed by atoms with E-state index in [9.17, 15) is 4.79 Å². The van der Waals surface area contributed by atoms with Crippen molar-refractivity contribution in [2.24, 2.45) is 0 Å². The van der Waals surface area contributed by atoms with Crippen LogP contribution in [0.1, 0.15) is 44.6 Å². The second-order valence-electron chi connectivity index (χ2n) is 5.75. The van der Waals surface area contributed by atoms with Gasteiger partial charge in [0.2, 0.25) is 0 Å². The Hall–Kier alpha value is -1.55. The van der Waals surface area contributed by atoms with Gasteiger partial charge in [-0.25, -0.2) is 0 Å². The third-order valence-electron chi connectivity index (χ3n) is 4.08. The molecule has 21 heavy (non-hydrogen) atoms. The van der Waals surface area contributed by atoms with Gasteiger partial charge < -0.3 is 15.4 Å². The van der Waals surface area contributed by atoms with E-state index in [-0.39, 0.29) is 18.6 Å². The molecule has 1 amide bonds. The van der Waals surface area contributed by atoms with Crippen LogP contribution in [0.15, 0.2) is 24.3 Å². The van der Waals surface area contributed by atoms with E-state index >= 15 is 0 Å². The van der Waals surface area contributed by atoms with Gasteiger partial charge in [0.1, 0.15) is 5.75 Å². The number of para-hydroxylation sites is 1. The second-order valence-corrected chi connectivity index (χ2v) is 5.75. The highest BCUT2D eigenvalue weighted by Crippen LogP contribution is 2.28. The van der Waals surface area contributed by atoms with Gasteiger partial charge in [-0.15, -0.1) is 0 Å². The smallest absolute Gasteiger partial charge is 0.258 e. The summed E-state index contributed by atoms with van der Waals surface area (Å²) in [7, 11) is 0. The molecule has 2 N–H and O–H groups in total. The summed E-state index contributed by atoms with van der Waals surface area (Å²) < 4.78 is 5.73. The van der Waals surface area contributed by atoms with Crippen LogP contribution in [0.3, 0.4) is 0 Å². The molecule has 1 aliphatic heterocycles. The fraction of sp³-hybridized carbons (Fsp3) is 0.588. The number of carbonyl (C=O) groups is 1. The molecule has 0 radical (unpaired) electrons. The van der Waals surface area contributed by atoms with Crippen LogP contribution in [0.5, 0.6) is 5.75 Å². The Morgan fingerprint density at radius 2 is 2.29 bits per heavy atom. The van der Waals surface area contributed by atoms with Crippen molar-refractivity contribution < 1.29 is 9.53 Å². The summed E-state index contributed by atoms with van der Waals surface area (Å²) >= 11 is 0. The maximum absolute atomic E-state index is 12.0. The normalized spacial score (nSPS) is 19.8. The molecule has 4 nitrogen and oxygen atoms in total. The molecule has 0 bridgehead atoms. The molecule has 4 heteroatoms. The summed E-state index contributed by atoms with van der Waals surface area (Å²) in [4.78, 5) is 12.0. The number of carbonyl (C=O) groups excluding carboxylic acids is 1. The Bertz CT molecular complexity index is 456. The number of ether oxygens (including phenoxy) is 1. The first kappa shape index (κ1) is 15.8. The van der Waals surface area contributed by atoms with Gasteiger partial charge in [0.15, 0.2) is 6.61 Å². The Kier molecular flexibility index (Phi) is 6.05. The molecule has 2 rings (SSSR count). The Morgan fingerprint density at radius 1 is 1.48 bits per heavy atom. The van der Waals surface area contributed by atoms with Crippen molar-refractivity contribution in [3.05, 3.63) is 29.8 Å². The third-order valence-corrected chi connectivity index (χ3v) is 4.08. The first-order valence-electron chi connectivity index (χ1n) is 7.92. The zero-order valence-electron chi connectivity index (χ0n) is 13.0. The van der Waals surface area contributed by atoms with E-state index in [4.69, 9.17) is 4.74 Å². The van der Waals surface area contributed by atoms with Crippen LogP contribution in [-0.2, 0) is 4.79 Å². The van der Waals surface area contributed by atoms with Crippen molar-refractivity contribution in [2.45, 2.75) is 45.1 Å². The van der Waals surface area contributed by atoms with Crippen LogP contribution in [0.2, 0.25) is 0 Å². The summed E-state index contributed by atoms with van der Waals surface area (Å²) in [5.41, 5.74) is 1.17. The molecule has 0 saturated carbocycles. The van der Waals surface area contributed by atoms with E-state index in [1.807, 2.05) is 18.2 Å². The maximum Gasteiger partial charge on any atom is 0.258 e. The number of amides is 1. The molecule has 1 saturated heterocycles. The van der Waals surface area contributed by atoms with Crippen molar-refractivity contribution in [3.63, 3.8) is 0 Å². The monoisotopic (exact) mass is 290 g/mol. The fourth-order valence-electron chi connectivity index (χ4n) is 2.63. The lowest BCUT2D eigenvalue weighted by molar-refractivity contribution is -0.123. The predicted octanol–water partition coefficient (Wildman–Crippen LogP) is 2.45. The van der Waals surface area contributed by atoms with Gasteiger partial charge >= 0.3 is 0 Å². The molecule has 0 spiro atoms. The van der Waals surface area contributed by atoms with Gasteiger partial charge in [-0.05, 0) is 43.4 Å². The molecular formula is C17H26N2O2. The lowest BCUT2D eigenvalue weighted by Crippen LogP contribution is -2.47. The van der Waals surface area contributed by atoms with Crippen molar-refractivity contribution in [1.29, 1.82) is 0 Å². The number of rotatable bonds is 6. The van der Waals surface area contributed by atoms with Gasteiger partial charge in [-0.1, -0.05) is 32.0 Å². The zero-order chi connectivity index (χ0) is 15.1. The highest BCUT2D eigenvalue weighted by Gasteiger charge is 2.16. The van der Waals surface area contributed by atoms with Crippen molar-refractivity contribution >= 4 is 5.91 Å². The van der Waals surface area contributed by atoms with E-state index in [1.165, 1.54) is 5.56 Å². The largest absolute Gasteiger partial charge is 0.483 e. The maximum atomic E-state index is 12.0. The highest BCUT2D eigenvalue weighted by molar-refractivity contribution is 5.77. The zero-order valence-corrected chi connectivity index (χ0v) is 13.0. The molecule has 116 valence electrons. The first-order chi connectivity index (χ1) is 10.2. The SMILES string of the molecule is CCC(C)c1ccccc1OCC(=O)NC1CCCNC1. The molecule has 2 unspecified atom stereocenters. The van der Waals surface area contributed by atoms with E-state index in [0.717, 1.165) is 38.1 Å². The molecule has 1 fully saturated rings. The summed E-state index contributed by atoms with van der Waals surface area (Å²) in [6.07, 6.45) is 3.21. The van der Waals surface area contributed by atoms with Gasteiger partial charge in [0, 0.05) is 12.6 Å². The number of nitrogens with one attached hydrogen (secondary N) is 2. The van der Waals surface area contributed by atoms with Gasteiger partial charge in [0.25, 0.3) is 5.91 Å². The average molecular weight is 290 g/mol. The number of benzene rings is 1. The fourth-order valence-corrected chi connectivity index (χ4v) is 2.63. The van der Waals surface area contributed by atoms with Crippen LogP contribution < -0.4 is 15.4 Å². The standard InChI is InChI=1S/C17H26N2O2/c1-3-13(2)15-8-4-5-9-16(15)21-12-17(20)19-14-7-6-10-18-11-14/h4-5,8-9,13-14,18H,3,6-7,10-12H2,1-2H3,(H,19,20). The van der Waals surface area contributed by atoms with Crippen molar-refractivity contribution in [1.82, 2.24) is 10.6 Å². The number of hydrogen-bond donors (Lipinski definition) is 2. The van der Waals surface area contributed by atoms with E-state index in [2.05, 4.69) is 30.5 Å². The van der Waals surface area contributed by atoms with Crippen LogP contribution in [0, 0.1) is 0 Å². The van der Waals surface area contributed by atoms with Crippen LogP contribution >= 0.6 is 0 Å². The minimum Gasteiger partial charge on any atom is -0.483 e. The van der Waals surface area contributed by atoms with E-state index < -0.39 is 0 Å². The third kappa shape index (κ3) is 4.74. The molecule has 1 aromatic carbocycles. The Morgan fingerprint density at radius 3 is 3.00 bits per heavy atom. The van der Waals surface area contributed by atoms with E-state index in [1.54, 1.807) is 0 Å². The highest BCUT2D eigenvalue weighted by atomic mass is 16.5. The van der Waals surface area contributed by atoms with Crippen LogP contribution in [0.25, 0.3) is 0 Å². The minimum absolute atomic E-state index is 0.0392. The molecule has 1 aromatic rings. The molecule has 1 heterocycles. The lowest BCUT2D eigenvalue weighted by atomic mass is 9.98. The quantitative estimate of drug-likeness (QED) is 0.846. The van der Waals surface area contributed by atoms with Crippen molar-refractivity contribution in [3.8, 4) is 5.75 Å². The lowest BCUT2D eigenvalue weighted by Gasteiger charge is -2.24. The molecule has 0 aromatic heterocycles.